The number of hydrogen-bond donors (Lipinski definition) is 1. The van der Waals surface area contributed by atoms with Gasteiger partial charge in [-0.3, -0.25) is 0 Å². The van der Waals surface area contributed by atoms with Crippen LogP contribution in [0.4, 0.5) is 0 Å². The Kier molecular flexibility index (Phi) is 5.16. The highest BCUT2D eigenvalue weighted by Crippen LogP contribution is 2.36. The minimum Gasteiger partial charge on any atom is -0.307 e. The first kappa shape index (κ1) is 15.2. The van der Waals surface area contributed by atoms with Gasteiger partial charge in [-0.15, -0.1) is 0 Å². The fourth-order valence-electron chi connectivity index (χ4n) is 3.32. The fourth-order valence-corrected chi connectivity index (χ4v) is 3.80. The molecule has 0 amide bonds. The van der Waals surface area contributed by atoms with E-state index in [-0.39, 0.29) is 6.04 Å². The normalized spacial score (nSPS) is 28.6. The van der Waals surface area contributed by atoms with Gasteiger partial charge in [0, 0.05) is 12.1 Å². The van der Waals surface area contributed by atoms with E-state index in [4.69, 9.17) is 23.2 Å². The van der Waals surface area contributed by atoms with Gasteiger partial charge in [0.05, 0.1) is 10.0 Å². The molecule has 1 nitrogen and oxygen atoms in total. The van der Waals surface area contributed by atoms with Gasteiger partial charge < -0.3 is 5.32 Å². The molecule has 4 atom stereocenters. The second-order valence-corrected chi connectivity index (χ2v) is 6.53. The van der Waals surface area contributed by atoms with Crippen LogP contribution in [0.2, 0.25) is 10.0 Å². The van der Waals surface area contributed by atoms with Crippen molar-refractivity contribution in [3.63, 3.8) is 0 Å². The Hall–Kier alpha value is -0.240. The van der Waals surface area contributed by atoms with Gasteiger partial charge in [-0.1, -0.05) is 55.6 Å². The highest BCUT2D eigenvalue weighted by atomic mass is 35.5. The van der Waals surface area contributed by atoms with Crippen molar-refractivity contribution in [2.75, 3.05) is 0 Å². The van der Waals surface area contributed by atoms with Crippen LogP contribution in [0.15, 0.2) is 18.2 Å². The van der Waals surface area contributed by atoms with Crippen molar-refractivity contribution < 1.29 is 0 Å². The van der Waals surface area contributed by atoms with Crippen molar-refractivity contribution in [2.24, 2.45) is 11.8 Å². The van der Waals surface area contributed by atoms with E-state index < -0.39 is 0 Å². The molecule has 0 spiro atoms. The Labute approximate surface area is 126 Å². The van der Waals surface area contributed by atoms with Crippen LogP contribution in [-0.4, -0.2) is 6.04 Å². The molecule has 1 aromatic rings. The lowest BCUT2D eigenvalue weighted by atomic mass is 9.93. The summed E-state index contributed by atoms with van der Waals surface area (Å²) >= 11 is 12.4. The quantitative estimate of drug-likeness (QED) is 0.777. The zero-order chi connectivity index (χ0) is 14.0. The highest BCUT2D eigenvalue weighted by molar-refractivity contribution is 6.42. The van der Waals surface area contributed by atoms with Gasteiger partial charge in [-0.05, 0) is 43.2 Å². The molecule has 0 heterocycles. The summed E-state index contributed by atoms with van der Waals surface area (Å²) in [6.07, 6.45) is 3.89. The lowest BCUT2D eigenvalue weighted by Crippen LogP contribution is -2.34. The van der Waals surface area contributed by atoms with E-state index in [9.17, 15) is 0 Å². The average Bonchev–Trinajstić information content (AvgIpc) is 2.73. The molecule has 3 heteroatoms. The summed E-state index contributed by atoms with van der Waals surface area (Å²) in [5.74, 6) is 1.60. The second-order valence-electron chi connectivity index (χ2n) is 5.74. The zero-order valence-electron chi connectivity index (χ0n) is 11.9. The van der Waals surface area contributed by atoms with E-state index in [1.165, 1.54) is 19.3 Å². The third-order valence-corrected chi connectivity index (χ3v) is 5.50. The molecule has 4 unspecified atom stereocenters. The van der Waals surface area contributed by atoms with E-state index in [1.54, 1.807) is 0 Å². The predicted octanol–water partition coefficient (Wildman–Crippen LogP) is 5.47. The molecule has 1 N–H and O–H groups in total. The third-order valence-electron chi connectivity index (χ3n) is 4.66. The minimum absolute atomic E-state index is 0.245. The Morgan fingerprint density at radius 1 is 1.32 bits per heavy atom. The summed E-state index contributed by atoms with van der Waals surface area (Å²) in [6.45, 7) is 6.83. The van der Waals surface area contributed by atoms with Crippen molar-refractivity contribution in [1.29, 1.82) is 0 Å². The second kappa shape index (κ2) is 6.47. The van der Waals surface area contributed by atoms with Crippen LogP contribution in [0, 0.1) is 11.8 Å². The number of halogens is 2. The molecule has 0 aromatic heterocycles. The summed E-state index contributed by atoms with van der Waals surface area (Å²) in [4.78, 5) is 0. The largest absolute Gasteiger partial charge is 0.307 e. The summed E-state index contributed by atoms with van der Waals surface area (Å²) in [5.41, 5.74) is 1.10. The summed E-state index contributed by atoms with van der Waals surface area (Å²) in [6, 6.07) is 6.70. The molecule has 0 aliphatic heterocycles. The topological polar surface area (TPSA) is 12.0 Å². The molecular weight excluding hydrogens is 277 g/mol. The molecule has 19 heavy (non-hydrogen) atoms. The molecule has 1 aliphatic rings. The molecule has 1 aliphatic carbocycles. The van der Waals surface area contributed by atoms with Crippen molar-refractivity contribution in [1.82, 2.24) is 5.32 Å². The van der Waals surface area contributed by atoms with E-state index >= 15 is 0 Å². The minimum atomic E-state index is 0.245. The van der Waals surface area contributed by atoms with Crippen molar-refractivity contribution in [2.45, 2.75) is 52.1 Å². The first-order valence-corrected chi connectivity index (χ1v) is 8.00. The van der Waals surface area contributed by atoms with Gasteiger partial charge in [0.15, 0.2) is 0 Å². The van der Waals surface area contributed by atoms with Gasteiger partial charge in [0.25, 0.3) is 0 Å². The average molecular weight is 300 g/mol. The maximum absolute atomic E-state index is 6.29. The van der Waals surface area contributed by atoms with Gasteiger partial charge in [-0.25, -0.2) is 0 Å². The van der Waals surface area contributed by atoms with Gasteiger partial charge in [0.2, 0.25) is 0 Å². The van der Waals surface area contributed by atoms with Crippen molar-refractivity contribution in [3.05, 3.63) is 33.8 Å². The third kappa shape index (κ3) is 3.26. The van der Waals surface area contributed by atoms with Crippen LogP contribution in [0.1, 0.15) is 51.6 Å². The molecule has 0 radical (unpaired) electrons. The first-order valence-electron chi connectivity index (χ1n) is 7.24. The van der Waals surface area contributed by atoms with Gasteiger partial charge in [-0.2, -0.15) is 0 Å². The van der Waals surface area contributed by atoms with Crippen LogP contribution in [0.3, 0.4) is 0 Å². The van der Waals surface area contributed by atoms with Gasteiger partial charge >= 0.3 is 0 Å². The molecule has 1 saturated carbocycles. The van der Waals surface area contributed by atoms with E-state index in [0.717, 1.165) is 17.4 Å². The SMILES string of the molecule is CCC1CCC(NC(C)c2cccc(Cl)c2Cl)C1C. The molecule has 1 aromatic carbocycles. The Bertz CT molecular complexity index is 433. The van der Waals surface area contributed by atoms with E-state index in [2.05, 4.69) is 32.2 Å². The number of hydrogen-bond acceptors (Lipinski definition) is 1. The summed E-state index contributed by atoms with van der Waals surface area (Å²) in [7, 11) is 0. The van der Waals surface area contributed by atoms with Crippen LogP contribution in [-0.2, 0) is 0 Å². The van der Waals surface area contributed by atoms with Crippen LogP contribution >= 0.6 is 23.2 Å². The highest BCUT2D eigenvalue weighted by Gasteiger charge is 2.32. The van der Waals surface area contributed by atoms with Crippen LogP contribution in [0.5, 0.6) is 0 Å². The number of nitrogens with one attached hydrogen (secondary N) is 1. The van der Waals surface area contributed by atoms with Crippen molar-refractivity contribution >= 4 is 23.2 Å². The smallest absolute Gasteiger partial charge is 0.0639 e. The fraction of sp³-hybridized carbons (Fsp3) is 0.625. The van der Waals surface area contributed by atoms with Gasteiger partial charge in [0.1, 0.15) is 0 Å². The lowest BCUT2D eigenvalue weighted by Gasteiger charge is -2.26. The molecule has 106 valence electrons. The monoisotopic (exact) mass is 299 g/mol. The standard InChI is InChI=1S/C16H23Cl2N/c1-4-12-8-9-15(10(12)2)19-11(3)13-6-5-7-14(17)16(13)18/h5-7,10-12,15,19H,4,8-9H2,1-3H3. The van der Waals surface area contributed by atoms with E-state index in [1.807, 2.05) is 12.1 Å². The first-order chi connectivity index (χ1) is 9.04. The van der Waals surface area contributed by atoms with Crippen LogP contribution < -0.4 is 5.32 Å². The Morgan fingerprint density at radius 3 is 2.68 bits per heavy atom. The predicted molar refractivity (Wildman–Crippen MR) is 84.0 cm³/mol. The Morgan fingerprint density at radius 2 is 2.05 bits per heavy atom. The number of benzene rings is 1. The zero-order valence-corrected chi connectivity index (χ0v) is 13.4. The molecule has 0 saturated heterocycles. The maximum Gasteiger partial charge on any atom is 0.0639 e. The molecular formula is C16H23Cl2N. The lowest BCUT2D eigenvalue weighted by molar-refractivity contribution is 0.327. The summed E-state index contributed by atoms with van der Waals surface area (Å²) in [5, 5.41) is 5.05. The summed E-state index contributed by atoms with van der Waals surface area (Å²) < 4.78 is 0. The van der Waals surface area contributed by atoms with Crippen molar-refractivity contribution in [3.8, 4) is 0 Å². The number of rotatable bonds is 4. The van der Waals surface area contributed by atoms with Crippen LogP contribution in [0.25, 0.3) is 0 Å². The maximum atomic E-state index is 6.29. The molecule has 0 bridgehead atoms. The molecule has 2 rings (SSSR count). The van der Waals surface area contributed by atoms with E-state index in [0.29, 0.717) is 16.1 Å². The molecule has 1 fully saturated rings. The Balaban J connectivity index is 2.05.